The predicted molar refractivity (Wildman–Crippen MR) is 72.1 cm³/mol. The summed E-state index contributed by atoms with van der Waals surface area (Å²) in [4.78, 5) is 34.1. The van der Waals surface area contributed by atoms with Crippen LogP contribution in [0.3, 0.4) is 0 Å². The summed E-state index contributed by atoms with van der Waals surface area (Å²) in [5.74, 6) is -4.94. The third-order valence-electron chi connectivity index (χ3n) is 2.96. The summed E-state index contributed by atoms with van der Waals surface area (Å²) < 4.78 is 0. The number of azo groups is 1. The first-order valence-corrected chi connectivity index (χ1v) is 6.68. The van der Waals surface area contributed by atoms with Gasteiger partial charge in [0.25, 0.3) is 5.91 Å². The molecule has 1 rings (SSSR count). The second kappa shape index (κ2) is 13.1. The van der Waals surface area contributed by atoms with Crippen LogP contribution in [-0.4, -0.2) is 46.4 Å². The van der Waals surface area contributed by atoms with Crippen molar-refractivity contribution in [2.45, 2.75) is 19.3 Å². The third kappa shape index (κ3) is 7.65. The Bertz CT molecular complexity index is 581. The van der Waals surface area contributed by atoms with E-state index in [-0.39, 0.29) is 121 Å². The van der Waals surface area contributed by atoms with Crippen LogP contribution in [0.25, 0.3) is 0 Å². The molecule has 0 aromatic rings. The molecular formula is C12H13K2N3O6S. The summed E-state index contributed by atoms with van der Waals surface area (Å²) in [7, 11) is 1.28. The molecule has 0 spiro atoms. The molecule has 1 heterocycles. The van der Waals surface area contributed by atoms with Crippen LogP contribution in [0.4, 0.5) is 0 Å². The van der Waals surface area contributed by atoms with E-state index in [2.05, 4.69) is 10.2 Å². The van der Waals surface area contributed by atoms with Gasteiger partial charge in [-0.2, -0.15) is 5.11 Å². The number of aliphatic hydroxyl groups excluding tert-OH is 1. The summed E-state index contributed by atoms with van der Waals surface area (Å²) in [6, 6.07) is 0. The number of hydrogen-bond donors (Lipinski definition) is 1. The van der Waals surface area contributed by atoms with Crippen LogP contribution < -0.4 is 113 Å². The van der Waals surface area contributed by atoms with E-state index in [0.717, 1.165) is 4.90 Å². The molecule has 1 unspecified atom stereocenters. The first-order chi connectivity index (χ1) is 10.3. The Labute approximate surface area is 228 Å². The van der Waals surface area contributed by atoms with Crippen molar-refractivity contribution in [3.05, 3.63) is 11.5 Å². The molecule has 1 aliphatic rings. The van der Waals surface area contributed by atoms with Crippen LogP contribution in [0.5, 0.6) is 0 Å². The van der Waals surface area contributed by atoms with Gasteiger partial charge in [0.15, 0.2) is 5.70 Å². The van der Waals surface area contributed by atoms with Gasteiger partial charge in [0.2, 0.25) is 0 Å². The van der Waals surface area contributed by atoms with Crippen molar-refractivity contribution in [1.29, 1.82) is 0 Å². The molecule has 0 saturated heterocycles. The van der Waals surface area contributed by atoms with Crippen LogP contribution >= 0.6 is 12.2 Å². The normalized spacial score (nSPS) is 17.5. The fraction of sp³-hybridized carbons (Fsp3) is 0.500. The minimum absolute atomic E-state index is 0. The molecule has 9 nitrogen and oxygen atoms in total. The first kappa shape index (κ1) is 27.1. The van der Waals surface area contributed by atoms with E-state index in [1.165, 1.54) is 7.05 Å². The van der Waals surface area contributed by atoms with Crippen molar-refractivity contribution < 1.29 is 132 Å². The molecule has 120 valence electrons. The molecule has 0 aromatic heterocycles. The Morgan fingerprint density at radius 1 is 1.25 bits per heavy atom. The van der Waals surface area contributed by atoms with Gasteiger partial charge in [-0.25, -0.2) is 0 Å². The van der Waals surface area contributed by atoms with E-state index >= 15 is 0 Å². The van der Waals surface area contributed by atoms with Gasteiger partial charge in [-0.3, -0.25) is 9.69 Å². The van der Waals surface area contributed by atoms with Crippen molar-refractivity contribution in [1.82, 2.24) is 4.90 Å². The van der Waals surface area contributed by atoms with E-state index in [1.807, 2.05) is 0 Å². The Morgan fingerprint density at radius 3 is 2.25 bits per heavy atom. The molecule has 12 heteroatoms. The quantitative estimate of drug-likeness (QED) is 0.251. The van der Waals surface area contributed by atoms with Gasteiger partial charge in [0.05, 0.1) is 10.9 Å². The fourth-order valence-electron chi connectivity index (χ4n) is 1.94. The maximum absolute atomic E-state index is 12.2. The summed E-state index contributed by atoms with van der Waals surface area (Å²) in [6.07, 6.45) is -0.963. The maximum atomic E-state index is 12.2. The smallest absolute Gasteiger partial charge is 0.550 e. The monoisotopic (exact) mass is 405 g/mol. The number of carbonyl (C=O) groups excluding carboxylic acids is 3. The molecule has 1 aliphatic heterocycles. The zero-order valence-electron chi connectivity index (χ0n) is 13.6. The summed E-state index contributed by atoms with van der Waals surface area (Å²) in [5.41, 5.74) is -0.391. The Hall–Kier alpha value is 0.913. The maximum Gasteiger partial charge on any atom is 1.00 e. The molecule has 0 bridgehead atoms. The Kier molecular flexibility index (Phi) is 14.9. The zero-order chi connectivity index (χ0) is 16.9. The van der Waals surface area contributed by atoms with Gasteiger partial charge in [-0.1, -0.05) is 12.2 Å². The number of thiocarbonyl (C=S) groups is 1. The largest absolute Gasteiger partial charge is 1.00 e. The molecule has 0 radical (unpaired) electrons. The number of carboxylic acids is 2. The van der Waals surface area contributed by atoms with Gasteiger partial charge in [-0.05, 0) is 12.8 Å². The summed E-state index contributed by atoms with van der Waals surface area (Å²) >= 11 is 5.06. The molecule has 0 saturated carbocycles. The van der Waals surface area contributed by atoms with Crippen molar-refractivity contribution in [3.8, 4) is 0 Å². The standard InChI is InChI=1S/C12H15N3O6S.2K/c1-13-14-9-10(20)6(2-3-7(16)17)12(22)15(11(9)21)5-4-8(18)19;;/h6,20H,2-5H2,1H3,(H,16,17)(H,18,19);;/q;2*+1/p-2. The summed E-state index contributed by atoms with van der Waals surface area (Å²) in [6.45, 7) is -0.266. The van der Waals surface area contributed by atoms with Crippen LogP contribution in [0.1, 0.15) is 19.3 Å². The molecule has 0 fully saturated rings. The number of nitrogens with zero attached hydrogens (tertiary/aromatic N) is 3. The van der Waals surface area contributed by atoms with E-state index in [0.29, 0.717) is 0 Å². The number of aliphatic carboxylic acids is 2. The van der Waals surface area contributed by atoms with E-state index in [9.17, 15) is 29.7 Å². The molecule has 1 N–H and O–H groups in total. The van der Waals surface area contributed by atoms with Gasteiger partial charge in [0.1, 0.15) is 5.76 Å². The minimum Gasteiger partial charge on any atom is -0.550 e. The minimum atomic E-state index is -1.38. The van der Waals surface area contributed by atoms with Crippen molar-refractivity contribution >= 4 is 35.1 Å². The number of carbonyl (C=O) groups is 3. The molecule has 1 atom stereocenters. The third-order valence-corrected chi connectivity index (χ3v) is 3.47. The van der Waals surface area contributed by atoms with Crippen LogP contribution in [0.15, 0.2) is 21.7 Å². The fourth-order valence-corrected chi connectivity index (χ4v) is 2.34. The van der Waals surface area contributed by atoms with E-state index in [1.54, 1.807) is 0 Å². The average molecular weight is 406 g/mol. The molecular weight excluding hydrogens is 392 g/mol. The van der Waals surface area contributed by atoms with Gasteiger partial charge in [-0.15, -0.1) is 5.11 Å². The van der Waals surface area contributed by atoms with Gasteiger partial charge in [0, 0.05) is 32.0 Å². The SMILES string of the molecule is CN=NC1=C(O)C(CCC(=O)[O-])C(=S)N(CCC(=O)[O-])C1=O.[K+].[K+]. The average Bonchev–Trinajstić information content (AvgIpc) is 2.42. The van der Waals surface area contributed by atoms with E-state index in [4.69, 9.17) is 12.2 Å². The van der Waals surface area contributed by atoms with Crippen molar-refractivity contribution in [2.24, 2.45) is 16.1 Å². The molecule has 1 amide bonds. The number of amides is 1. The second-order valence-corrected chi connectivity index (χ2v) is 4.83. The Morgan fingerprint density at radius 2 is 1.79 bits per heavy atom. The molecule has 0 aliphatic carbocycles. The topological polar surface area (TPSA) is 146 Å². The summed E-state index contributed by atoms with van der Waals surface area (Å²) in [5, 5.41) is 38.1. The second-order valence-electron chi connectivity index (χ2n) is 4.41. The number of hydrogen-bond acceptors (Lipinski definition) is 9. The number of rotatable bonds is 7. The first-order valence-electron chi connectivity index (χ1n) is 6.28. The van der Waals surface area contributed by atoms with Gasteiger partial charge >= 0.3 is 103 Å². The molecule has 24 heavy (non-hydrogen) atoms. The van der Waals surface area contributed by atoms with E-state index < -0.39 is 48.1 Å². The van der Waals surface area contributed by atoms with Gasteiger partial charge < -0.3 is 24.9 Å². The Balaban J connectivity index is 0. The zero-order valence-corrected chi connectivity index (χ0v) is 20.7. The van der Waals surface area contributed by atoms with Crippen molar-refractivity contribution in [3.63, 3.8) is 0 Å². The van der Waals surface area contributed by atoms with Crippen LogP contribution in [-0.2, 0) is 14.4 Å². The molecule has 0 aromatic carbocycles. The van der Waals surface area contributed by atoms with Crippen LogP contribution in [0.2, 0.25) is 0 Å². The number of carboxylic acid groups (broad SMARTS) is 2. The predicted octanol–water partition coefficient (Wildman–Crippen LogP) is -7.70. The van der Waals surface area contributed by atoms with Crippen molar-refractivity contribution in [2.75, 3.05) is 13.6 Å². The van der Waals surface area contributed by atoms with Crippen LogP contribution in [0, 0.1) is 5.92 Å². The number of aliphatic hydroxyl groups is 1.